The fourth-order valence-corrected chi connectivity index (χ4v) is 2.70. The second kappa shape index (κ2) is 11.5. The molecule has 1 aliphatic heterocycles. The van der Waals surface area contributed by atoms with Crippen LogP contribution < -0.4 is 5.73 Å². The number of piperidine rings is 1. The number of aliphatic imine (C=N–C) groups is 1. The van der Waals surface area contributed by atoms with Crippen molar-refractivity contribution in [3.63, 3.8) is 0 Å². The van der Waals surface area contributed by atoms with Crippen molar-refractivity contribution in [2.45, 2.75) is 47.0 Å². The van der Waals surface area contributed by atoms with E-state index in [-0.39, 0.29) is 24.0 Å². The Morgan fingerprint density at radius 1 is 1.24 bits per heavy atom. The second-order valence-electron chi connectivity index (χ2n) is 6.34. The van der Waals surface area contributed by atoms with Crippen LogP contribution in [0.1, 0.15) is 47.0 Å². The number of nitrogens with zero attached hydrogens (tertiary/aromatic N) is 3. The third-order valence-electron chi connectivity index (χ3n) is 4.33. The molecule has 1 saturated heterocycles. The molecule has 2 N–H and O–H groups in total. The van der Waals surface area contributed by atoms with E-state index in [1.54, 1.807) is 0 Å². The molecule has 1 fully saturated rings. The zero-order valence-corrected chi connectivity index (χ0v) is 16.7. The molecule has 0 aromatic rings. The lowest BCUT2D eigenvalue weighted by Crippen LogP contribution is -2.38. The van der Waals surface area contributed by atoms with Gasteiger partial charge in [-0.2, -0.15) is 0 Å². The molecule has 4 nitrogen and oxygen atoms in total. The van der Waals surface area contributed by atoms with E-state index in [0.29, 0.717) is 0 Å². The van der Waals surface area contributed by atoms with Gasteiger partial charge in [0.2, 0.25) is 0 Å². The van der Waals surface area contributed by atoms with Gasteiger partial charge in [-0.05, 0) is 64.6 Å². The molecule has 0 aliphatic carbocycles. The summed E-state index contributed by atoms with van der Waals surface area (Å²) < 4.78 is 0. The Kier molecular flexibility index (Phi) is 11.5. The van der Waals surface area contributed by atoms with Gasteiger partial charge in [-0.3, -0.25) is 4.99 Å². The van der Waals surface area contributed by atoms with Gasteiger partial charge in [-0.15, -0.1) is 24.0 Å². The summed E-state index contributed by atoms with van der Waals surface area (Å²) in [5.74, 6) is 2.25. The Morgan fingerprint density at radius 2 is 1.81 bits per heavy atom. The first-order valence-corrected chi connectivity index (χ1v) is 8.34. The summed E-state index contributed by atoms with van der Waals surface area (Å²) in [7, 11) is 0. The fraction of sp³-hybridized carbons (Fsp3) is 0.938. The Labute approximate surface area is 148 Å². The van der Waals surface area contributed by atoms with Gasteiger partial charge in [0.1, 0.15) is 0 Å². The lowest BCUT2D eigenvalue weighted by atomic mass is 9.96. The van der Waals surface area contributed by atoms with Gasteiger partial charge in [0.25, 0.3) is 0 Å². The lowest BCUT2D eigenvalue weighted by molar-refractivity contribution is 0.179. The van der Waals surface area contributed by atoms with Crippen molar-refractivity contribution in [1.29, 1.82) is 0 Å². The topological polar surface area (TPSA) is 44.9 Å². The zero-order valence-electron chi connectivity index (χ0n) is 14.3. The molecule has 0 saturated carbocycles. The smallest absolute Gasteiger partial charge is 0.191 e. The van der Waals surface area contributed by atoms with E-state index in [9.17, 15) is 0 Å². The van der Waals surface area contributed by atoms with Crippen molar-refractivity contribution in [1.82, 2.24) is 9.80 Å². The van der Waals surface area contributed by atoms with Crippen LogP contribution in [0, 0.1) is 11.8 Å². The molecule has 21 heavy (non-hydrogen) atoms. The minimum Gasteiger partial charge on any atom is -0.370 e. The van der Waals surface area contributed by atoms with Crippen LogP contribution in [-0.2, 0) is 0 Å². The lowest BCUT2D eigenvalue weighted by Gasteiger charge is -2.32. The molecule has 0 radical (unpaired) electrons. The van der Waals surface area contributed by atoms with Crippen LogP contribution in [0.25, 0.3) is 0 Å². The maximum absolute atomic E-state index is 6.03. The molecular weight excluding hydrogens is 375 g/mol. The molecule has 1 rings (SSSR count). The molecule has 0 aromatic heterocycles. The van der Waals surface area contributed by atoms with Crippen LogP contribution in [-0.4, -0.2) is 55.0 Å². The normalized spacial score (nSPS) is 17.9. The molecule has 5 heteroatoms. The summed E-state index contributed by atoms with van der Waals surface area (Å²) in [5, 5.41) is 0. The average Bonchev–Trinajstić information content (AvgIpc) is 2.45. The van der Waals surface area contributed by atoms with Gasteiger partial charge < -0.3 is 15.5 Å². The third-order valence-corrected chi connectivity index (χ3v) is 4.33. The second-order valence-corrected chi connectivity index (χ2v) is 6.34. The number of guanidine groups is 1. The zero-order chi connectivity index (χ0) is 15.0. The minimum absolute atomic E-state index is 0. The minimum atomic E-state index is 0. The largest absolute Gasteiger partial charge is 0.370 e. The van der Waals surface area contributed by atoms with Crippen molar-refractivity contribution >= 4 is 29.9 Å². The van der Waals surface area contributed by atoms with Crippen molar-refractivity contribution in [2.24, 2.45) is 22.6 Å². The van der Waals surface area contributed by atoms with Crippen LogP contribution in [0.2, 0.25) is 0 Å². The number of hydrogen-bond acceptors (Lipinski definition) is 2. The van der Waals surface area contributed by atoms with E-state index in [1.165, 1.54) is 38.9 Å². The van der Waals surface area contributed by atoms with Gasteiger partial charge in [-0.1, -0.05) is 13.8 Å². The first-order chi connectivity index (χ1) is 9.56. The third kappa shape index (κ3) is 8.24. The number of rotatable bonds is 7. The quantitative estimate of drug-likeness (QED) is 0.399. The Hall–Kier alpha value is -0.0400. The highest BCUT2D eigenvalue weighted by Crippen LogP contribution is 2.18. The van der Waals surface area contributed by atoms with Gasteiger partial charge in [0.15, 0.2) is 5.96 Å². The molecular formula is C16H35IN4. The first-order valence-electron chi connectivity index (χ1n) is 8.34. The van der Waals surface area contributed by atoms with E-state index in [1.807, 2.05) is 0 Å². The van der Waals surface area contributed by atoms with Crippen LogP contribution in [0.4, 0.5) is 0 Å². The highest BCUT2D eigenvalue weighted by atomic mass is 127. The monoisotopic (exact) mass is 410 g/mol. The fourth-order valence-electron chi connectivity index (χ4n) is 2.70. The first kappa shape index (κ1) is 21.0. The molecule has 0 amide bonds. The highest BCUT2D eigenvalue weighted by molar-refractivity contribution is 14.0. The number of hydrogen-bond donors (Lipinski definition) is 1. The summed E-state index contributed by atoms with van der Waals surface area (Å²) >= 11 is 0. The number of halogens is 1. The highest BCUT2D eigenvalue weighted by Gasteiger charge is 2.19. The van der Waals surface area contributed by atoms with E-state index in [2.05, 4.69) is 42.5 Å². The van der Waals surface area contributed by atoms with E-state index in [0.717, 1.165) is 37.4 Å². The molecule has 0 spiro atoms. The van der Waals surface area contributed by atoms with Crippen LogP contribution in [0.15, 0.2) is 4.99 Å². The van der Waals surface area contributed by atoms with Crippen molar-refractivity contribution in [3.8, 4) is 0 Å². The predicted molar refractivity (Wildman–Crippen MR) is 103 cm³/mol. The molecule has 0 atom stereocenters. The van der Waals surface area contributed by atoms with E-state index >= 15 is 0 Å². The van der Waals surface area contributed by atoms with Gasteiger partial charge in [0.05, 0.1) is 0 Å². The molecule has 0 bridgehead atoms. The van der Waals surface area contributed by atoms with Gasteiger partial charge >= 0.3 is 0 Å². The Bertz CT molecular complexity index is 282. The average molecular weight is 410 g/mol. The summed E-state index contributed by atoms with van der Waals surface area (Å²) in [4.78, 5) is 9.32. The van der Waals surface area contributed by atoms with Crippen molar-refractivity contribution < 1.29 is 0 Å². The maximum Gasteiger partial charge on any atom is 0.191 e. The number of nitrogens with two attached hydrogens (primary N) is 1. The molecule has 126 valence electrons. The SMILES string of the molecule is CCN(CC)C(N)=NCC1CCN(CCC(C)C)CC1.I. The van der Waals surface area contributed by atoms with Crippen LogP contribution in [0.3, 0.4) is 0 Å². The molecule has 1 aliphatic rings. The van der Waals surface area contributed by atoms with E-state index < -0.39 is 0 Å². The van der Waals surface area contributed by atoms with Crippen LogP contribution in [0.5, 0.6) is 0 Å². The molecule has 0 unspecified atom stereocenters. The van der Waals surface area contributed by atoms with Crippen LogP contribution >= 0.6 is 24.0 Å². The maximum atomic E-state index is 6.03. The Balaban J connectivity index is 0.00000400. The van der Waals surface area contributed by atoms with Gasteiger partial charge in [0, 0.05) is 19.6 Å². The molecule has 1 heterocycles. The summed E-state index contributed by atoms with van der Waals surface area (Å²) in [6, 6.07) is 0. The predicted octanol–water partition coefficient (Wildman–Crippen LogP) is 3.02. The summed E-state index contributed by atoms with van der Waals surface area (Å²) in [6.07, 6.45) is 3.86. The summed E-state index contributed by atoms with van der Waals surface area (Å²) in [5.41, 5.74) is 6.03. The van der Waals surface area contributed by atoms with Gasteiger partial charge in [-0.25, -0.2) is 0 Å². The standard InChI is InChI=1S/C16H34N4.HI/c1-5-20(6-2)16(17)18-13-15-8-11-19(12-9-15)10-7-14(3)4;/h14-15H,5-13H2,1-4H3,(H2,17,18);1H. The molecule has 0 aromatic carbocycles. The Morgan fingerprint density at radius 3 is 2.29 bits per heavy atom. The van der Waals surface area contributed by atoms with E-state index in [4.69, 9.17) is 5.73 Å². The van der Waals surface area contributed by atoms with Crippen molar-refractivity contribution in [2.75, 3.05) is 39.3 Å². The summed E-state index contributed by atoms with van der Waals surface area (Å²) in [6.45, 7) is 15.4. The number of likely N-dealkylation sites (tertiary alicyclic amines) is 1. The van der Waals surface area contributed by atoms with Crippen molar-refractivity contribution in [3.05, 3.63) is 0 Å².